The first-order chi connectivity index (χ1) is 16.4. The highest BCUT2D eigenvalue weighted by Gasteiger charge is 2.30. The van der Waals surface area contributed by atoms with Gasteiger partial charge in [0.05, 0.1) is 23.8 Å². The van der Waals surface area contributed by atoms with Crippen LogP contribution < -0.4 is 19.1 Å². The monoisotopic (exact) mass is 505 g/mol. The maximum absolute atomic E-state index is 12.9. The second-order valence-corrected chi connectivity index (χ2v) is 11.0. The molecule has 1 unspecified atom stereocenters. The predicted octanol–water partition coefficient (Wildman–Crippen LogP) is 4.88. The van der Waals surface area contributed by atoms with Gasteiger partial charge in [-0.05, 0) is 69.9 Å². The highest BCUT2D eigenvalue weighted by Crippen LogP contribution is 2.32. The smallest absolute Gasteiger partial charge is 0.142 e. The molecule has 4 rings (SSSR count). The van der Waals surface area contributed by atoms with Crippen molar-refractivity contribution in [1.29, 1.82) is 0 Å². The Morgan fingerprint density at radius 2 is 1.71 bits per heavy atom. The quantitative estimate of drug-likeness (QED) is 0.554. The second-order valence-electron chi connectivity index (χ2n) is 9.34. The van der Waals surface area contributed by atoms with Crippen LogP contribution in [-0.2, 0) is 11.0 Å². The van der Waals surface area contributed by atoms with E-state index >= 15 is 0 Å². The molecule has 2 fully saturated rings. The number of anilines is 1. The third kappa shape index (κ3) is 6.25. The molecule has 0 bridgehead atoms. The van der Waals surface area contributed by atoms with Crippen LogP contribution in [0.15, 0.2) is 47.4 Å². The molecule has 6 nitrogen and oxygen atoms in total. The zero-order valence-corrected chi connectivity index (χ0v) is 21.9. The lowest BCUT2D eigenvalue weighted by Crippen LogP contribution is -2.52. The molecule has 2 aromatic carbocycles. The number of piperazine rings is 1. The first kappa shape index (κ1) is 25.3. The molecule has 1 N–H and O–H groups in total. The van der Waals surface area contributed by atoms with Gasteiger partial charge in [0.1, 0.15) is 22.5 Å². The molecular formula is C26H36ClN3O3S. The minimum absolute atomic E-state index is 0.167. The molecule has 1 saturated carbocycles. The molecule has 1 aliphatic carbocycles. The summed E-state index contributed by atoms with van der Waals surface area (Å²) in [4.78, 5) is 5.69. The van der Waals surface area contributed by atoms with E-state index in [9.17, 15) is 4.21 Å². The molecule has 34 heavy (non-hydrogen) atoms. The van der Waals surface area contributed by atoms with E-state index in [1.165, 1.54) is 5.69 Å². The Kier molecular flexibility index (Phi) is 8.75. The van der Waals surface area contributed by atoms with Crippen molar-refractivity contribution in [2.24, 2.45) is 0 Å². The lowest BCUT2D eigenvalue weighted by Gasteiger charge is -2.43. The van der Waals surface area contributed by atoms with Crippen LogP contribution in [0.25, 0.3) is 0 Å². The molecule has 0 amide bonds. The summed E-state index contributed by atoms with van der Waals surface area (Å²) in [5.41, 5.74) is 1.20. The standard InChI is InChI=1S/C26H36ClN3O3S/c1-19(2)33-24-7-5-4-6-23(24)30-16-14-29(15-17-30)22-11-9-21(10-12-22)28-34(31)26-18-20(27)8-13-25(26)32-3/h4-8,13,18-19,21-22,28H,9-12,14-17H2,1-3H3. The number of rotatable bonds is 8. The van der Waals surface area contributed by atoms with Crippen LogP contribution in [-0.4, -0.2) is 60.6 Å². The minimum atomic E-state index is -1.34. The fourth-order valence-corrected chi connectivity index (χ4v) is 6.44. The third-order valence-electron chi connectivity index (χ3n) is 6.70. The maximum Gasteiger partial charge on any atom is 0.142 e. The molecule has 2 aromatic rings. The summed E-state index contributed by atoms with van der Waals surface area (Å²) < 4.78 is 27.6. The van der Waals surface area contributed by atoms with Gasteiger partial charge in [0.15, 0.2) is 0 Å². The molecule has 1 aliphatic heterocycles. The number of halogens is 1. The van der Waals surface area contributed by atoms with Crippen molar-refractivity contribution in [1.82, 2.24) is 9.62 Å². The summed E-state index contributed by atoms with van der Waals surface area (Å²) in [7, 11) is 0.245. The molecule has 8 heteroatoms. The van der Waals surface area contributed by atoms with Crippen LogP contribution in [0.4, 0.5) is 5.69 Å². The Labute approximate surface area is 211 Å². The summed E-state index contributed by atoms with van der Waals surface area (Å²) in [6.45, 7) is 8.28. The molecule has 0 aromatic heterocycles. The van der Waals surface area contributed by atoms with Crippen molar-refractivity contribution < 1.29 is 13.7 Å². The lowest BCUT2D eigenvalue weighted by atomic mass is 9.90. The highest BCUT2D eigenvalue weighted by atomic mass is 35.5. The second kappa shape index (κ2) is 11.8. The maximum atomic E-state index is 12.9. The van der Waals surface area contributed by atoms with Gasteiger partial charge in [0.25, 0.3) is 0 Å². The SMILES string of the molecule is COc1ccc(Cl)cc1S(=O)NC1CCC(N2CCN(c3ccccc3OC(C)C)CC2)CC1. The summed E-state index contributed by atoms with van der Waals surface area (Å²) in [6.07, 6.45) is 4.44. The topological polar surface area (TPSA) is 54.0 Å². The fraction of sp³-hybridized carbons (Fsp3) is 0.538. The van der Waals surface area contributed by atoms with Gasteiger partial charge < -0.3 is 14.4 Å². The zero-order valence-electron chi connectivity index (χ0n) is 20.3. The van der Waals surface area contributed by atoms with Gasteiger partial charge in [-0.3, -0.25) is 4.90 Å². The van der Waals surface area contributed by atoms with Gasteiger partial charge in [-0.2, -0.15) is 0 Å². The van der Waals surface area contributed by atoms with Gasteiger partial charge in [0, 0.05) is 43.3 Å². The van der Waals surface area contributed by atoms with Crippen molar-refractivity contribution in [2.45, 2.75) is 62.6 Å². The van der Waals surface area contributed by atoms with Gasteiger partial charge in [-0.25, -0.2) is 8.93 Å². The molecule has 1 saturated heterocycles. The van der Waals surface area contributed by atoms with Crippen molar-refractivity contribution in [3.05, 3.63) is 47.5 Å². The Bertz CT molecular complexity index is 974. The number of hydrogen-bond acceptors (Lipinski definition) is 5. The Morgan fingerprint density at radius 3 is 2.38 bits per heavy atom. The summed E-state index contributed by atoms with van der Waals surface area (Å²) >= 11 is 6.11. The third-order valence-corrected chi connectivity index (χ3v) is 8.20. The van der Waals surface area contributed by atoms with Crippen LogP contribution >= 0.6 is 11.6 Å². The number of ether oxygens (including phenoxy) is 2. The van der Waals surface area contributed by atoms with Crippen LogP contribution in [0.5, 0.6) is 11.5 Å². The zero-order chi connectivity index (χ0) is 24.1. The van der Waals surface area contributed by atoms with E-state index in [-0.39, 0.29) is 12.1 Å². The number of para-hydroxylation sites is 2. The highest BCUT2D eigenvalue weighted by molar-refractivity contribution is 7.83. The number of benzene rings is 2. The van der Waals surface area contributed by atoms with Gasteiger partial charge in [-0.1, -0.05) is 23.7 Å². The molecule has 0 radical (unpaired) electrons. The molecule has 0 spiro atoms. The number of nitrogens with one attached hydrogen (secondary N) is 1. The first-order valence-corrected chi connectivity index (χ1v) is 13.7. The van der Waals surface area contributed by atoms with E-state index in [1.807, 2.05) is 6.07 Å². The molecule has 1 heterocycles. The first-order valence-electron chi connectivity index (χ1n) is 12.2. The van der Waals surface area contributed by atoms with Gasteiger partial charge >= 0.3 is 0 Å². The van der Waals surface area contributed by atoms with Crippen molar-refractivity contribution >= 4 is 28.3 Å². The summed E-state index contributed by atoms with van der Waals surface area (Å²) in [5, 5.41) is 0.562. The van der Waals surface area contributed by atoms with Crippen LogP contribution in [0.2, 0.25) is 5.02 Å². The van der Waals surface area contributed by atoms with E-state index in [1.54, 1.807) is 25.3 Å². The number of methoxy groups -OCH3 is 1. The van der Waals surface area contributed by atoms with Crippen LogP contribution in [0.3, 0.4) is 0 Å². The molecule has 2 aliphatic rings. The van der Waals surface area contributed by atoms with E-state index in [4.69, 9.17) is 21.1 Å². The molecule has 186 valence electrons. The Hall–Kier alpha value is -1.80. The van der Waals surface area contributed by atoms with Crippen molar-refractivity contribution in [3.63, 3.8) is 0 Å². The Morgan fingerprint density at radius 1 is 1.00 bits per heavy atom. The van der Waals surface area contributed by atoms with Crippen molar-refractivity contribution in [3.8, 4) is 11.5 Å². The van der Waals surface area contributed by atoms with Gasteiger partial charge in [-0.15, -0.1) is 0 Å². The van der Waals surface area contributed by atoms with Crippen LogP contribution in [0, 0.1) is 0 Å². The fourth-order valence-electron chi connectivity index (χ4n) is 4.97. The average Bonchev–Trinajstić information content (AvgIpc) is 2.84. The largest absolute Gasteiger partial charge is 0.495 e. The number of nitrogens with zero attached hydrogens (tertiary/aromatic N) is 2. The number of hydrogen-bond donors (Lipinski definition) is 1. The Balaban J connectivity index is 1.27. The molecular weight excluding hydrogens is 470 g/mol. The molecule has 1 atom stereocenters. The predicted molar refractivity (Wildman–Crippen MR) is 140 cm³/mol. The summed E-state index contributed by atoms with van der Waals surface area (Å²) in [5.74, 6) is 1.57. The van der Waals surface area contributed by atoms with E-state index in [0.717, 1.165) is 57.6 Å². The normalized spacial score (nSPS) is 22.6. The minimum Gasteiger partial charge on any atom is -0.495 e. The average molecular weight is 506 g/mol. The van der Waals surface area contributed by atoms with E-state index in [0.29, 0.717) is 21.7 Å². The van der Waals surface area contributed by atoms with Gasteiger partial charge in [0.2, 0.25) is 0 Å². The van der Waals surface area contributed by atoms with E-state index in [2.05, 4.69) is 46.6 Å². The van der Waals surface area contributed by atoms with E-state index < -0.39 is 11.0 Å². The summed E-state index contributed by atoms with van der Waals surface area (Å²) in [6, 6.07) is 14.4. The van der Waals surface area contributed by atoms with Crippen LogP contribution in [0.1, 0.15) is 39.5 Å². The van der Waals surface area contributed by atoms with Crippen molar-refractivity contribution in [2.75, 3.05) is 38.2 Å². The lowest BCUT2D eigenvalue weighted by molar-refractivity contribution is 0.139.